The van der Waals surface area contributed by atoms with Gasteiger partial charge in [0.05, 0.1) is 13.3 Å². The van der Waals surface area contributed by atoms with Crippen LogP contribution in [0.1, 0.15) is 27.0 Å². The number of amides is 1. The van der Waals surface area contributed by atoms with E-state index in [2.05, 4.69) is 15.4 Å². The third-order valence-electron chi connectivity index (χ3n) is 4.88. The Morgan fingerprint density at radius 1 is 1.03 bits per heavy atom. The quantitative estimate of drug-likeness (QED) is 0.497. The number of carbonyl (C=O) groups is 1. The molecule has 0 saturated carbocycles. The molecule has 5 nitrogen and oxygen atoms in total. The van der Waals surface area contributed by atoms with Gasteiger partial charge < -0.3 is 9.64 Å². The first-order chi connectivity index (χ1) is 14.1. The number of benzene rings is 3. The summed E-state index contributed by atoms with van der Waals surface area (Å²) in [6, 6.07) is 21.0. The van der Waals surface area contributed by atoms with Crippen LogP contribution in [0.25, 0.3) is 0 Å². The summed E-state index contributed by atoms with van der Waals surface area (Å²) in [6.07, 6.45) is 1.59. The van der Waals surface area contributed by atoms with Crippen molar-refractivity contribution in [2.75, 3.05) is 12.0 Å². The third kappa shape index (κ3) is 4.41. The Balaban J connectivity index is 1.41. The predicted octanol–water partition coefficient (Wildman–Crippen LogP) is 4.63. The fourth-order valence-electron chi connectivity index (χ4n) is 3.29. The van der Waals surface area contributed by atoms with Crippen molar-refractivity contribution in [3.8, 4) is 5.75 Å². The number of nitrogens with zero attached hydrogens (tertiary/aromatic N) is 2. The van der Waals surface area contributed by atoms with Crippen molar-refractivity contribution in [3.63, 3.8) is 0 Å². The molecule has 0 unspecified atom stereocenters. The van der Waals surface area contributed by atoms with E-state index >= 15 is 0 Å². The molecule has 3 aromatic carbocycles. The minimum absolute atomic E-state index is 0.235. The minimum atomic E-state index is -0.235. The lowest BCUT2D eigenvalue weighted by atomic mass is 10.1. The Morgan fingerprint density at radius 2 is 1.76 bits per heavy atom. The second-order valence-electron chi connectivity index (χ2n) is 6.79. The van der Waals surface area contributed by atoms with Crippen molar-refractivity contribution >= 4 is 29.4 Å². The molecule has 0 aromatic heterocycles. The van der Waals surface area contributed by atoms with Crippen molar-refractivity contribution in [1.29, 1.82) is 0 Å². The van der Waals surface area contributed by atoms with Gasteiger partial charge in [-0.15, -0.1) is 0 Å². The molecule has 0 radical (unpaired) electrons. The highest BCUT2D eigenvalue weighted by molar-refractivity contribution is 6.30. The number of rotatable bonds is 5. The normalized spacial score (nSPS) is 12.8. The highest BCUT2D eigenvalue weighted by Crippen LogP contribution is 2.30. The van der Waals surface area contributed by atoms with Gasteiger partial charge in [0.15, 0.2) is 0 Å². The Hall–Kier alpha value is -3.31. The molecular formula is C23H20ClN3O2. The molecule has 0 spiro atoms. The van der Waals surface area contributed by atoms with Crippen LogP contribution < -0.4 is 15.1 Å². The number of halogens is 1. The van der Waals surface area contributed by atoms with Crippen molar-refractivity contribution in [2.24, 2.45) is 5.10 Å². The molecule has 146 valence electrons. The summed E-state index contributed by atoms with van der Waals surface area (Å²) in [4.78, 5) is 14.7. The number of hydrazone groups is 1. The van der Waals surface area contributed by atoms with Crippen LogP contribution in [0.2, 0.25) is 5.02 Å². The zero-order valence-electron chi connectivity index (χ0n) is 15.9. The summed E-state index contributed by atoms with van der Waals surface area (Å²) in [5.74, 6) is 0.601. The maximum absolute atomic E-state index is 12.4. The van der Waals surface area contributed by atoms with Gasteiger partial charge in [-0.05, 0) is 65.2 Å². The molecule has 0 aliphatic carbocycles. The Bertz CT molecular complexity index is 1050. The number of hydrogen-bond acceptors (Lipinski definition) is 4. The molecule has 0 bridgehead atoms. The first-order valence-corrected chi connectivity index (χ1v) is 9.60. The van der Waals surface area contributed by atoms with E-state index in [4.69, 9.17) is 16.3 Å². The molecule has 0 atom stereocenters. The smallest absolute Gasteiger partial charge is 0.271 e. The third-order valence-corrected chi connectivity index (χ3v) is 5.13. The minimum Gasteiger partial charge on any atom is -0.497 e. The lowest BCUT2D eigenvalue weighted by Gasteiger charge is -2.17. The molecular weight excluding hydrogens is 386 g/mol. The molecule has 0 fully saturated rings. The number of ether oxygens (including phenoxy) is 1. The average Bonchev–Trinajstić information content (AvgIpc) is 3.18. The average molecular weight is 406 g/mol. The molecule has 1 amide bonds. The summed E-state index contributed by atoms with van der Waals surface area (Å²) >= 11 is 5.86. The highest BCUT2D eigenvalue weighted by atomic mass is 35.5. The number of anilines is 1. The van der Waals surface area contributed by atoms with Crippen LogP contribution in [0.3, 0.4) is 0 Å². The van der Waals surface area contributed by atoms with Crippen LogP contribution in [-0.4, -0.2) is 19.2 Å². The lowest BCUT2D eigenvalue weighted by Crippen LogP contribution is -2.17. The lowest BCUT2D eigenvalue weighted by molar-refractivity contribution is 0.0955. The van der Waals surface area contributed by atoms with Crippen molar-refractivity contribution < 1.29 is 9.53 Å². The zero-order valence-corrected chi connectivity index (χ0v) is 16.7. The van der Waals surface area contributed by atoms with Crippen molar-refractivity contribution in [2.45, 2.75) is 13.1 Å². The van der Waals surface area contributed by atoms with Crippen LogP contribution in [-0.2, 0) is 13.1 Å². The number of fused-ring (bicyclic) bond motifs is 1. The number of methoxy groups -OCH3 is 1. The van der Waals surface area contributed by atoms with Crippen LogP contribution >= 0.6 is 11.6 Å². The molecule has 1 aliphatic rings. The van der Waals surface area contributed by atoms with Gasteiger partial charge in [0.25, 0.3) is 5.91 Å². The SMILES string of the molecule is COc1ccc(N2Cc3ccc(C(=O)N/N=C/c4ccc(Cl)cc4)cc3C2)cc1. The van der Waals surface area contributed by atoms with E-state index in [1.807, 2.05) is 54.6 Å². The summed E-state index contributed by atoms with van der Waals surface area (Å²) in [6.45, 7) is 1.58. The van der Waals surface area contributed by atoms with Gasteiger partial charge in [0.1, 0.15) is 5.75 Å². The maximum Gasteiger partial charge on any atom is 0.271 e. The molecule has 3 aromatic rings. The topological polar surface area (TPSA) is 53.9 Å². The van der Waals surface area contributed by atoms with E-state index in [1.54, 1.807) is 25.5 Å². The van der Waals surface area contributed by atoms with Gasteiger partial charge in [-0.1, -0.05) is 29.8 Å². The standard InChI is InChI=1S/C23H20ClN3O2/c1-29-22-10-8-21(9-11-22)27-14-18-5-4-17(12-19(18)15-27)23(28)26-25-13-16-2-6-20(24)7-3-16/h2-13H,14-15H2,1H3,(H,26,28)/b25-13+. The van der Waals surface area contributed by atoms with Gasteiger partial charge in [0, 0.05) is 29.4 Å². The fraction of sp³-hybridized carbons (Fsp3) is 0.130. The maximum atomic E-state index is 12.4. The fourth-order valence-corrected chi connectivity index (χ4v) is 3.42. The molecule has 0 saturated heterocycles. The van der Waals surface area contributed by atoms with Crippen LogP contribution in [0.5, 0.6) is 5.75 Å². The number of carbonyl (C=O) groups excluding carboxylic acids is 1. The first-order valence-electron chi connectivity index (χ1n) is 9.22. The number of hydrogen-bond donors (Lipinski definition) is 1. The summed E-state index contributed by atoms with van der Waals surface area (Å²) in [5.41, 5.74) is 7.53. The summed E-state index contributed by atoms with van der Waals surface area (Å²) in [7, 11) is 1.66. The van der Waals surface area contributed by atoms with Gasteiger partial charge in [0.2, 0.25) is 0 Å². The largest absolute Gasteiger partial charge is 0.497 e. The monoisotopic (exact) mass is 405 g/mol. The molecule has 29 heavy (non-hydrogen) atoms. The molecule has 6 heteroatoms. The Kier molecular flexibility index (Phi) is 5.49. The van der Waals surface area contributed by atoms with Gasteiger partial charge in [-0.3, -0.25) is 4.79 Å². The van der Waals surface area contributed by atoms with Gasteiger partial charge in [-0.2, -0.15) is 5.10 Å². The first kappa shape index (κ1) is 19.0. The van der Waals surface area contributed by atoms with E-state index in [0.29, 0.717) is 10.6 Å². The Labute approximate surface area is 174 Å². The van der Waals surface area contributed by atoms with E-state index in [1.165, 1.54) is 5.56 Å². The van der Waals surface area contributed by atoms with E-state index in [9.17, 15) is 4.79 Å². The van der Waals surface area contributed by atoms with Crippen molar-refractivity contribution in [3.05, 3.63) is 94.0 Å². The summed E-state index contributed by atoms with van der Waals surface area (Å²) < 4.78 is 5.22. The number of nitrogens with one attached hydrogen (secondary N) is 1. The van der Waals surface area contributed by atoms with Crippen LogP contribution in [0.15, 0.2) is 71.8 Å². The van der Waals surface area contributed by atoms with Gasteiger partial charge in [-0.25, -0.2) is 5.43 Å². The second kappa shape index (κ2) is 8.37. The van der Waals surface area contributed by atoms with Crippen LogP contribution in [0, 0.1) is 0 Å². The van der Waals surface area contributed by atoms with E-state index in [0.717, 1.165) is 35.7 Å². The molecule has 4 rings (SSSR count). The zero-order chi connectivity index (χ0) is 20.2. The predicted molar refractivity (Wildman–Crippen MR) is 116 cm³/mol. The highest BCUT2D eigenvalue weighted by Gasteiger charge is 2.20. The van der Waals surface area contributed by atoms with Gasteiger partial charge >= 0.3 is 0 Å². The Morgan fingerprint density at radius 3 is 2.48 bits per heavy atom. The van der Waals surface area contributed by atoms with E-state index < -0.39 is 0 Å². The molecule has 1 heterocycles. The summed E-state index contributed by atoms with van der Waals surface area (Å²) in [5, 5.41) is 4.69. The molecule has 1 aliphatic heterocycles. The van der Waals surface area contributed by atoms with Crippen LogP contribution in [0.4, 0.5) is 5.69 Å². The molecule has 1 N–H and O–H groups in total. The van der Waals surface area contributed by atoms with E-state index in [-0.39, 0.29) is 5.91 Å². The van der Waals surface area contributed by atoms with Crippen molar-refractivity contribution in [1.82, 2.24) is 5.43 Å². The second-order valence-corrected chi connectivity index (χ2v) is 7.22.